The van der Waals surface area contributed by atoms with E-state index in [0.29, 0.717) is 6.42 Å². The normalized spacial score (nSPS) is 34.3. The van der Waals surface area contributed by atoms with Gasteiger partial charge in [0, 0.05) is 5.92 Å². The van der Waals surface area contributed by atoms with Gasteiger partial charge < -0.3 is 10.6 Å². The van der Waals surface area contributed by atoms with E-state index in [0.717, 1.165) is 32.5 Å². The van der Waals surface area contributed by atoms with Crippen LogP contribution >= 0.6 is 0 Å². The highest BCUT2D eigenvalue weighted by atomic mass is 19.3. The number of alkyl halides is 2. The van der Waals surface area contributed by atoms with Crippen molar-refractivity contribution in [3.63, 3.8) is 0 Å². The van der Waals surface area contributed by atoms with Gasteiger partial charge in [-0.1, -0.05) is 0 Å². The Kier molecular flexibility index (Phi) is 3.02. The number of hydrogen-bond acceptors (Lipinski definition) is 2. The second kappa shape index (κ2) is 4.11. The van der Waals surface area contributed by atoms with Crippen LogP contribution in [0.5, 0.6) is 0 Å². The molecule has 2 heterocycles. The molecule has 4 heteroatoms. The Labute approximate surface area is 83.4 Å². The summed E-state index contributed by atoms with van der Waals surface area (Å²) in [4.78, 5) is 0. The van der Waals surface area contributed by atoms with E-state index < -0.39 is 5.92 Å². The van der Waals surface area contributed by atoms with E-state index in [2.05, 4.69) is 10.6 Å². The molecular formula is C10H18F2N2. The highest BCUT2D eigenvalue weighted by molar-refractivity contribution is 4.90. The van der Waals surface area contributed by atoms with Crippen LogP contribution in [-0.2, 0) is 0 Å². The summed E-state index contributed by atoms with van der Waals surface area (Å²) in [6, 6.07) is 0. The molecule has 2 aliphatic rings. The molecular weight excluding hydrogens is 186 g/mol. The summed E-state index contributed by atoms with van der Waals surface area (Å²) in [5.41, 5.74) is 0. The lowest BCUT2D eigenvalue weighted by atomic mass is 9.77. The predicted molar refractivity (Wildman–Crippen MR) is 51.5 cm³/mol. The molecule has 2 rings (SSSR count). The second-order valence-electron chi connectivity index (χ2n) is 4.42. The van der Waals surface area contributed by atoms with Gasteiger partial charge in [-0.05, 0) is 44.8 Å². The molecule has 0 aromatic heterocycles. The maximum absolute atomic E-state index is 13.6. The van der Waals surface area contributed by atoms with Gasteiger partial charge in [-0.15, -0.1) is 0 Å². The van der Waals surface area contributed by atoms with E-state index in [1.165, 1.54) is 0 Å². The first-order chi connectivity index (χ1) is 6.70. The van der Waals surface area contributed by atoms with E-state index in [-0.39, 0.29) is 18.4 Å². The van der Waals surface area contributed by atoms with Crippen LogP contribution in [0.2, 0.25) is 0 Å². The first-order valence-corrected chi connectivity index (χ1v) is 5.49. The molecule has 0 radical (unpaired) electrons. The molecule has 0 aromatic carbocycles. The standard InChI is InChI=1S/C10H18F2N2/c11-10(12)7-14-6-3-9(10)8-1-4-13-5-2-8/h8-9,13-14H,1-7H2. The zero-order chi connectivity index (χ0) is 10.0. The fourth-order valence-corrected chi connectivity index (χ4v) is 2.68. The summed E-state index contributed by atoms with van der Waals surface area (Å²) in [7, 11) is 0. The molecule has 0 spiro atoms. The Bertz CT molecular complexity index is 191. The molecule has 1 atom stereocenters. The minimum atomic E-state index is -2.49. The minimum absolute atomic E-state index is 0.123. The van der Waals surface area contributed by atoms with Crippen molar-refractivity contribution in [3.05, 3.63) is 0 Å². The number of hydrogen-bond donors (Lipinski definition) is 2. The largest absolute Gasteiger partial charge is 0.317 e. The second-order valence-corrected chi connectivity index (χ2v) is 4.42. The fraction of sp³-hybridized carbons (Fsp3) is 1.00. The van der Waals surface area contributed by atoms with Crippen LogP contribution in [0.3, 0.4) is 0 Å². The van der Waals surface area contributed by atoms with E-state index in [4.69, 9.17) is 0 Å². The van der Waals surface area contributed by atoms with Crippen molar-refractivity contribution in [2.45, 2.75) is 25.2 Å². The van der Waals surface area contributed by atoms with Crippen LogP contribution in [0.4, 0.5) is 8.78 Å². The van der Waals surface area contributed by atoms with Crippen molar-refractivity contribution in [2.24, 2.45) is 11.8 Å². The molecule has 2 fully saturated rings. The average molecular weight is 204 g/mol. The Morgan fingerprint density at radius 3 is 2.21 bits per heavy atom. The number of rotatable bonds is 1. The van der Waals surface area contributed by atoms with Gasteiger partial charge in [0.05, 0.1) is 6.54 Å². The lowest BCUT2D eigenvalue weighted by molar-refractivity contribution is -0.0988. The first kappa shape index (κ1) is 10.3. The molecule has 2 saturated heterocycles. The number of halogens is 2. The SMILES string of the molecule is FC1(F)CNCCC1C1CCNCC1. The van der Waals surface area contributed by atoms with E-state index >= 15 is 0 Å². The smallest absolute Gasteiger partial charge is 0.263 e. The minimum Gasteiger partial charge on any atom is -0.317 e. The summed E-state index contributed by atoms with van der Waals surface area (Å²) in [6.07, 6.45) is 2.47. The highest BCUT2D eigenvalue weighted by Crippen LogP contribution is 2.38. The van der Waals surface area contributed by atoms with Gasteiger partial charge in [0.25, 0.3) is 5.92 Å². The Balaban J connectivity index is 1.99. The van der Waals surface area contributed by atoms with E-state index in [9.17, 15) is 8.78 Å². The molecule has 0 saturated carbocycles. The van der Waals surface area contributed by atoms with Gasteiger partial charge in [-0.25, -0.2) is 8.78 Å². The van der Waals surface area contributed by atoms with Crippen LogP contribution in [0, 0.1) is 11.8 Å². The Morgan fingerprint density at radius 1 is 0.929 bits per heavy atom. The van der Waals surface area contributed by atoms with Gasteiger partial charge in [0.1, 0.15) is 0 Å². The first-order valence-electron chi connectivity index (χ1n) is 5.49. The molecule has 82 valence electrons. The van der Waals surface area contributed by atoms with Gasteiger partial charge >= 0.3 is 0 Å². The third kappa shape index (κ3) is 2.06. The van der Waals surface area contributed by atoms with Crippen molar-refractivity contribution in [3.8, 4) is 0 Å². The molecule has 0 aliphatic carbocycles. The van der Waals surface area contributed by atoms with Crippen LogP contribution in [0.1, 0.15) is 19.3 Å². The van der Waals surface area contributed by atoms with E-state index in [1.54, 1.807) is 0 Å². The average Bonchev–Trinajstić information content (AvgIpc) is 2.18. The zero-order valence-corrected chi connectivity index (χ0v) is 8.36. The van der Waals surface area contributed by atoms with Crippen LogP contribution in [0.15, 0.2) is 0 Å². The third-order valence-corrected chi connectivity index (χ3v) is 3.49. The van der Waals surface area contributed by atoms with Crippen molar-refractivity contribution in [2.75, 3.05) is 26.2 Å². The fourth-order valence-electron chi connectivity index (χ4n) is 2.68. The molecule has 0 amide bonds. The third-order valence-electron chi connectivity index (χ3n) is 3.49. The lowest BCUT2D eigenvalue weighted by Crippen LogP contribution is -2.50. The van der Waals surface area contributed by atoms with E-state index in [1.807, 2.05) is 0 Å². The summed E-state index contributed by atoms with van der Waals surface area (Å²) in [6.45, 7) is 2.45. The van der Waals surface area contributed by atoms with Crippen LogP contribution in [-0.4, -0.2) is 32.1 Å². The van der Waals surface area contributed by atoms with Crippen LogP contribution in [0.25, 0.3) is 0 Å². The summed E-state index contributed by atoms with van der Waals surface area (Å²) >= 11 is 0. The molecule has 2 N–H and O–H groups in total. The molecule has 1 unspecified atom stereocenters. The van der Waals surface area contributed by atoms with Crippen molar-refractivity contribution < 1.29 is 8.78 Å². The Morgan fingerprint density at radius 2 is 1.57 bits per heavy atom. The molecule has 2 aliphatic heterocycles. The van der Waals surface area contributed by atoms with Crippen LogP contribution < -0.4 is 10.6 Å². The van der Waals surface area contributed by atoms with Gasteiger partial charge in [0.2, 0.25) is 0 Å². The maximum Gasteiger partial charge on any atom is 0.263 e. The molecule has 0 bridgehead atoms. The predicted octanol–water partition coefficient (Wildman–Crippen LogP) is 1.23. The van der Waals surface area contributed by atoms with Crippen molar-refractivity contribution in [1.29, 1.82) is 0 Å². The van der Waals surface area contributed by atoms with Gasteiger partial charge in [-0.2, -0.15) is 0 Å². The zero-order valence-electron chi connectivity index (χ0n) is 8.36. The Hall–Kier alpha value is -0.220. The van der Waals surface area contributed by atoms with Crippen molar-refractivity contribution >= 4 is 0 Å². The highest BCUT2D eigenvalue weighted by Gasteiger charge is 2.45. The summed E-state index contributed by atoms with van der Waals surface area (Å²) in [5.74, 6) is -2.64. The summed E-state index contributed by atoms with van der Waals surface area (Å²) in [5, 5.41) is 6.00. The van der Waals surface area contributed by atoms with Gasteiger partial charge in [-0.3, -0.25) is 0 Å². The van der Waals surface area contributed by atoms with Gasteiger partial charge in [0.15, 0.2) is 0 Å². The quantitative estimate of drug-likeness (QED) is 0.671. The number of piperidine rings is 2. The monoisotopic (exact) mass is 204 g/mol. The summed E-state index contributed by atoms with van der Waals surface area (Å²) < 4.78 is 27.1. The maximum atomic E-state index is 13.6. The van der Waals surface area contributed by atoms with Crippen molar-refractivity contribution in [1.82, 2.24) is 10.6 Å². The molecule has 14 heavy (non-hydrogen) atoms. The number of nitrogens with one attached hydrogen (secondary N) is 2. The lowest BCUT2D eigenvalue weighted by Gasteiger charge is -2.39. The topological polar surface area (TPSA) is 24.1 Å². The molecule has 0 aromatic rings. The molecule has 2 nitrogen and oxygen atoms in total.